The van der Waals surface area contributed by atoms with Crippen molar-refractivity contribution in [2.75, 3.05) is 24.4 Å². The summed E-state index contributed by atoms with van der Waals surface area (Å²) in [6.07, 6.45) is 2.80. The van der Waals surface area contributed by atoms with Crippen LogP contribution >= 0.6 is 11.6 Å². The molecule has 0 aliphatic heterocycles. The molecule has 0 spiro atoms. The van der Waals surface area contributed by atoms with E-state index in [0.717, 1.165) is 0 Å². The third-order valence-electron chi connectivity index (χ3n) is 4.71. The molecule has 2 heterocycles. The van der Waals surface area contributed by atoms with Gasteiger partial charge in [-0.3, -0.25) is 14.5 Å². The van der Waals surface area contributed by atoms with Gasteiger partial charge in [0, 0.05) is 41.4 Å². The normalized spacial score (nSPS) is 10.7. The number of hydrogen-bond acceptors (Lipinski definition) is 5. The first-order valence-corrected chi connectivity index (χ1v) is 9.68. The highest BCUT2D eigenvalue weighted by Crippen LogP contribution is 2.28. The lowest BCUT2D eigenvalue weighted by Gasteiger charge is -2.18. The van der Waals surface area contributed by atoms with Crippen molar-refractivity contribution in [3.8, 4) is 11.3 Å². The van der Waals surface area contributed by atoms with Gasteiger partial charge >= 0.3 is 6.09 Å². The van der Waals surface area contributed by atoms with Crippen LogP contribution in [0.3, 0.4) is 0 Å². The zero-order valence-electron chi connectivity index (χ0n) is 16.7. The molecule has 1 N–H and O–H groups in total. The summed E-state index contributed by atoms with van der Waals surface area (Å²) in [5.41, 5.74) is 2.80. The smallest absolute Gasteiger partial charge is 0.411 e. The van der Waals surface area contributed by atoms with E-state index < -0.39 is 6.09 Å². The van der Waals surface area contributed by atoms with E-state index in [1.165, 1.54) is 12.0 Å². The molecule has 0 aliphatic rings. The number of halogens is 1. The Kier molecular flexibility index (Phi) is 5.55. The first-order valence-electron chi connectivity index (χ1n) is 9.30. The van der Waals surface area contributed by atoms with E-state index in [9.17, 15) is 9.59 Å². The fraction of sp³-hybridized carbons (Fsp3) is 0.0909. The van der Waals surface area contributed by atoms with Crippen molar-refractivity contribution in [3.63, 3.8) is 0 Å². The SMILES string of the molecule is COC(=O)Nc1ccc(-c2nc3ncccn3c2C(=O)N(C)c2ccc(Cl)cc2)cc1. The molecule has 4 aromatic rings. The second kappa shape index (κ2) is 8.45. The number of amides is 2. The van der Waals surface area contributed by atoms with Gasteiger partial charge in [-0.15, -0.1) is 0 Å². The molecular weight excluding hydrogens is 418 g/mol. The second-order valence-corrected chi connectivity index (χ2v) is 7.07. The van der Waals surface area contributed by atoms with E-state index >= 15 is 0 Å². The third-order valence-corrected chi connectivity index (χ3v) is 4.97. The minimum atomic E-state index is -0.565. The molecule has 156 valence electrons. The number of carbonyl (C=O) groups is 2. The predicted octanol–water partition coefficient (Wildman–Crippen LogP) is 4.50. The van der Waals surface area contributed by atoms with Crippen molar-refractivity contribution >= 4 is 40.8 Å². The molecule has 0 atom stereocenters. The van der Waals surface area contributed by atoms with Gasteiger partial charge in [-0.1, -0.05) is 23.7 Å². The Labute approximate surface area is 183 Å². The van der Waals surface area contributed by atoms with E-state index in [1.807, 2.05) is 0 Å². The number of nitrogens with one attached hydrogen (secondary N) is 1. The lowest BCUT2D eigenvalue weighted by molar-refractivity contribution is 0.0988. The Bertz CT molecular complexity index is 1250. The minimum Gasteiger partial charge on any atom is -0.453 e. The standard InChI is InChI=1S/C22H18ClN5O3/c1-27(17-10-6-15(23)7-11-17)20(29)19-18(26-21-24-12-3-13-28(19)21)14-4-8-16(9-5-14)25-22(30)31-2/h3-13H,1-2H3,(H,25,30). The molecule has 2 aromatic heterocycles. The van der Waals surface area contributed by atoms with Gasteiger partial charge in [-0.05, 0) is 42.5 Å². The largest absolute Gasteiger partial charge is 0.453 e. The zero-order valence-corrected chi connectivity index (χ0v) is 17.5. The van der Waals surface area contributed by atoms with Gasteiger partial charge in [0.1, 0.15) is 11.4 Å². The molecule has 9 heteroatoms. The highest BCUT2D eigenvalue weighted by molar-refractivity contribution is 6.30. The predicted molar refractivity (Wildman–Crippen MR) is 119 cm³/mol. The first kappa shape index (κ1) is 20.4. The minimum absolute atomic E-state index is 0.255. The third kappa shape index (κ3) is 4.06. The molecule has 0 saturated heterocycles. The molecule has 0 unspecified atom stereocenters. The number of aromatic nitrogens is 3. The van der Waals surface area contributed by atoms with Crippen LogP contribution in [0.4, 0.5) is 16.2 Å². The topological polar surface area (TPSA) is 88.8 Å². The summed E-state index contributed by atoms with van der Waals surface area (Å²) in [4.78, 5) is 35.3. The number of carbonyl (C=O) groups excluding carboxylic acids is 2. The maximum atomic E-state index is 13.5. The Morgan fingerprint density at radius 1 is 1.10 bits per heavy atom. The van der Waals surface area contributed by atoms with Crippen LogP contribution < -0.4 is 10.2 Å². The van der Waals surface area contributed by atoms with Crippen molar-refractivity contribution in [3.05, 3.63) is 77.7 Å². The molecule has 2 aromatic carbocycles. The highest BCUT2D eigenvalue weighted by atomic mass is 35.5. The van der Waals surface area contributed by atoms with Crippen LogP contribution in [-0.2, 0) is 4.74 Å². The number of ether oxygens (including phenoxy) is 1. The van der Waals surface area contributed by atoms with E-state index in [-0.39, 0.29) is 5.91 Å². The summed E-state index contributed by atoms with van der Waals surface area (Å²) in [5.74, 6) is 0.150. The molecule has 0 fully saturated rings. The summed E-state index contributed by atoms with van der Waals surface area (Å²) >= 11 is 5.97. The molecule has 2 amide bonds. The van der Waals surface area contributed by atoms with Gasteiger partial charge < -0.3 is 9.64 Å². The van der Waals surface area contributed by atoms with Crippen LogP contribution in [0.2, 0.25) is 5.02 Å². The summed E-state index contributed by atoms with van der Waals surface area (Å²) in [5, 5.41) is 3.18. The van der Waals surface area contributed by atoms with Crippen LogP contribution in [-0.4, -0.2) is 40.5 Å². The maximum Gasteiger partial charge on any atom is 0.411 e. The number of methoxy groups -OCH3 is 1. The van der Waals surface area contributed by atoms with Crippen LogP contribution in [0.25, 0.3) is 17.0 Å². The van der Waals surface area contributed by atoms with Gasteiger partial charge in [0.05, 0.1) is 7.11 Å². The van der Waals surface area contributed by atoms with Crippen molar-refractivity contribution in [2.45, 2.75) is 0 Å². The first-order chi connectivity index (χ1) is 15.0. The van der Waals surface area contributed by atoms with E-state index in [0.29, 0.717) is 39.1 Å². The average Bonchev–Trinajstić information content (AvgIpc) is 3.18. The van der Waals surface area contributed by atoms with Crippen molar-refractivity contribution in [1.29, 1.82) is 0 Å². The van der Waals surface area contributed by atoms with Crippen molar-refractivity contribution in [2.24, 2.45) is 0 Å². The fourth-order valence-corrected chi connectivity index (χ4v) is 3.24. The lowest BCUT2D eigenvalue weighted by Crippen LogP contribution is -2.28. The molecule has 0 saturated carbocycles. The number of imidazole rings is 1. The number of fused-ring (bicyclic) bond motifs is 1. The van der Waals surface area contributed by atoms with Crippen LogP contribution in [0.5, 0.6) is 0 Å². The van der Waals surface area contributed by atoms with Crippen molar-refractivity contribution < 1.29 is 14.3 Å². The Balaban J connectivity index is 1.76. The number of anilines is 2. The number of hydrogen-bond donors (Lipinski definition) is 1. The molecule has 0 aliphatic carbocycles. The Morgan fingerprint density at radius 3 is 2.48 bits per heavy atom. The summed E-state index contributed by atoms with van der Waals surface area (Å²) in [6, 6.07) is 15.7. The van der Waals surface area contributed by atoms with Gasteiger partial charge in [0.25, 0.3) is 5.91 Å². The number of nitrogens with zero attached hydrogens (tertiary/aromatic N) is 4. The number of rotatable bonds is 4. The molecule has 8 nitrogen and oxygen atoms in total. The number of benzene rings is 2. The average molecular weight is 436 g/mol. The van der Waals surface area contributed by atoms with Gasteiger partial charge in [-0.2, -0.15) is 0 Å². The molecule has 0 bridgehead atoms. The Hall–Kier alpha value is -3.91. The van der Waals surface area contributed by atoms with Gasteiger partial charge in [-0.25, -0.2) is 14.8 Å². The van der Waals surface area contributed by atoms with Crippen LogP contribution in [0.15, 0.2) is 67.0 Å². The quantitative estimate of drug-likeness (QED) is 0.509. The molecular formula is C22H18ClN5O3. The maximum absolute atomic E-state index is 13.5. The van der Waals surface area contributed by atoms with E-state index in [2.05, 4.69) is 20.0 Å². The lowest BCUT2D eigenvalue weighted by atomic mass is 10.1. The van der Waals surface area contributed by atoms with Crippen LogP contribution in [0.1, 0.15) is 10.5 Å². The van der Waals surface area contributed by atoms with E-state index in [1.54, 1.807) is 78.4 Å². The summed E-state index contributed by atoms with van der Waals surface area (Å²) in [6.45, 7) is 0. The van der Waals surface area contributed by atoms with E-state index in [4.69, 9.17) is 11.6 Å². The monoisotopic (exact) mass is 435 g/mol. The zero-order chi connectivity index (χ0) is 22.0. The van der Waals surface area contributed by atoms with Crippen molar-refractivity contribution in [1.82, 2.24) is 14.4 Å². The van der Waals surface area contributed by atoms with Gasteiger partial charge in [0.2, 0.25) is 5.78 Å². The van der Waals surface area contributed by atoms with Crippen LogP contribution in [0, 0.1) is 0 Å². The summed E-state index contributed by atoms with van der Waals surface area (Å²) < 4.78 is 6.26. The molecule has 0 radical (unpaired) electrons. The summed E-state index contributed by atoms with van der Waals surface area (Å²) in [7, 11) is 2.98. The second-order valence-electron chi connectivity index (χ2n) is 6.63. The fourth-order valence-electron chi connectivity index (χ4n) is 3.11. The highest BCUT2D eigenvalue weighted by Gasteiger charge is 2.24. The van der Waals surface area contributed by atoms with Gasteiger partial charge in [0.15, 0.2) is 0 Å². The molecule has 4 rings (SSSR count). The molecule has 31 heavy (non-hydrogen) atoms. The Morgan fingerprint density at radius 2 is 1.81 bits per heavy atom.